The second-order valence-corrected chi connectivity index (χ2v) is 11.8. The van der Waals surface area contributed by atoms with Gasteiger partial charge < -0.3 is 0 Å². The zero-order valence-electron chi connectivity index (χ0n) is 24.9. The van der Waals surface area contributed by atoms with Crippen molar-refractivity contribution < 1.29 is 119 Å². The first-order valence-corrected chi connectivity index (χ1v) is 13.6. The van der Waals surface area contributed by atoms with E-state index in [1.165, 1.54) is 0 Å². The zero-order valence-corrected chi connectivity index (χ0v) is 24.9. The summed E-state index contributed by atoms with van der Waals surface area (Å²) < 4.78 is 386. The van der Waals surface area contributed by atoms with Crippen LogP contribution in [-0.4, -0.2) is 24.7 Å². The quantitative estimate of drug-likeness (QED) is 0.198. The molecule has 2 aromatic rings. The van der Waals surface area contributed by atoms with E-state index in [1.54, 1.807) is 0 Å². The van der Waals surface area contributed by atoms with Crippen LogP contribution in [0.25, 0.3) is 22.3 Å². The predicted molar refractivity (Wildman–Crippen MR) is 124 cm³/mol. The maximum atomic E-state index is 14.8. The number of fused-ring (bicyclic) bond motifs is 8. The molecule has 0 saturated carbocycles. The fourth-order valence-electron chi connectivity index (χ4n) is 7.48. The van der Waals surface area contributed by atoms with Gasteiger partial charge in [0.1, 0.15) is 0 Å². The van der Waals surface area contributed by atoms with Crippen LogP contribution in [0.5, 0.6) is 0 Å². The van der Waals surface area contributed by atoms with Crippen molar-refractivity contribution in [2.75, 3.05) is 0 Å². The molecule has 2 atom stereocenters. The first-order valence-electron chi connectivity index (χ1n) is 13.6. The topological polar surface area (TPSA) is 0 Å². The molecule has 0 amide bonds. The summed E-state index contributed by atoms with van der Waals surface area (Å²) in [4.78, 5) is 0. The van der Waals surface area contributed by atoms with Crippen LogP contribution in [0.4, 0.5) is 119 Å². The number of alkyl halides is 27. The Bertz CT molecular complexity index is 2070. The van der Waals surface area contributed by atoms with Crippen molar-refractivity contribution in [3.8, 4) is 22.3 Å². The molecule has 3 aliphatic rings. The summed E-state index contributed by atoms with van der Waals surface area (Å²) in [5.41, 5.74) is -54.9. The molecule has 0 N–H and O–H groups in total. The van der Waals surface area contributed by atoms with Gasteiger partial charge in [-0.3, -0.25) is 0 Å². The molecule has 5 rings (SSSR count). The molecule has 2 aromatic carbocycles. The lowest BCUT2D eigenvalue weighted by molar-refractivity contribution is -0.174. The maximum absolute atomic E-state index is 14.8. The molecule has 3 aliphatic carbocycles. The minimum absolute atomic E-state index is 0.348. The third-order valence-corrected chi connectivity index (χ3v) is 8.79. The second-order valence-electron chi connectivity index (χ2n) is 11.8. The molecule has 27 heteroatoms. The summed E-state index contributed by atoms with van der Waals surface area (Å²) >= 11 is 0. The van der Waals surface area contributed by atoms with Crippen molar-refractivity contribution in [2.24, 2.45) is 0 Å². The van der Waals surface area contributed by atoms with Gasteiger partial charge in [-0.1, -0.05) is 0 Å². The Morgan fingerprint density at radius 2 is 0.527 bits per heavy atom. The molecule has 0 spiro atoms. The van der Waals surface area contributed by atoms with Gasteiger partial charge >= 0.3 is 55.6 Å². The van der Waals surface area contributed by atoms with Crippen molar-refractivity contribution in [3.05, 3.63) is 66.8 Å². The highest BCUT2D eigenvalue weighted by Crippen LogP contribution is 2.75. The number of allylic oxidation sites excluding steroid dienone is 4. The van der Waals surface area contributed by atoms with Crippen LogP contribution in [0.1, 0.15) is 56.3 Å². The average molecular weight is 854 g/mol. The fraction of sp³-hybridized carbons (Fsp3) is 0.429. The van der Waals surface area contributed by atoms with Gasteiger partial charge in [-0.15, -0.1) is 0 Å². The standard InChI is InChI=1S/C28H5F27/c1-2-3-4-6(5(3)14(23(38,39)40)17(26(47,48)49)11(2)20(29,30)31)13(22(35,36)37)8-7(12(4)21(32,33)34)9-10(8)16(25(44,45)46)19(28(53,54)55)18(27(50,51)52)15(9)24(41,42)43/h9-10H,1H3. The van der Waals surface area contributed by atoms with Crippen LogP contribution in [0.3, 0.4) is 0 Å². The Morgan fingerprint density at radius 3 is 0.764 bits per heavy atom. The SMILES string of the molecule is Cc1c2c(c(C(F)(F)F)c(C(F)(F)F)c1C(F)(F)F)-c1c-2c(C(F)(F)F)c2c(c1C(F)(F)F)C1C(C(F)(F)F)=C(C(F)(F)F)C(C(F)(F)F)=C(C(F)(F)F)C21. The number of rotatable bonds is 0. The molecule has 0 saturated heterocycles. The highest BCUT2D eigenvalue weighted by molar-refractivity contribution is 6.11. The Balaban J connectivity index is 2.22. The fourth-order valence-corrected chi connectivity index (χ4v) is 7.48. The second kappa shape index (κ2) is 11.1. The highest BCUT2D eigenvalue weighted by Gasteiger charge is 2.70. The van der Waals surface area contributed by atoms with Gasteiger partial charge in [0.25, 0.3) is 0 Å². The molecule has 0 heterocycles. The Labute approximate surface area is 282 Å². The Morgan fingerprint density at radius 1 is 0.273 bits per heavy atom. The molecule has 0 bridgehead atoms. The molecule has 0 radical (unpaired) electrons. The molecule has 0 fully saturated rings. The van der Waals surface area contributed by atoms with Crippen molar-refractivity contribution in [2.45, 2.75) is 74.3 Å². The lowest BCUT2D eigenvalue weighted by atomic mass is 9.51. The first kappa shape index (κ1) is 42.2. The van der Waals surface area contributed by atoms with Gasteiger partial charge in [0.2, 0.25) is 0 Å². The minimum Gasteiger partial charge on any atom is -0.166 e. The summed E-state index contributed by atoms with van der Waals surface area (Å²) in [6.45, 7) is -0.348. The largest absolute Gasteiger partial charge is 0.417 e. The van der Waals surface area contributed by atoms with E-state index in [1.807, 2.05) is 0 Å². The van der Waals surface area contributed by atoms with E-state index in [-0.39, 0.29) is 6.92 Å². The van der Waals surface area contributed by atoms with Gasteiger partial charge in [-0.25, -0.2) is 0 Å². The van der Waals surface area contributed by atoms with Crippen LogP contribution in [0.15, 0.2) is 22.3 Å². The lowest BCUT2D eigenvalue weighted by Crippen LogP contribution is -2.47. The van der Waals surface area contributed by atoms with Gasteiger partial charge in [0.15, 0.2) is 0 Å². The third-order valence-electron chi connectivity index (χ3n) is 8.79. The number of benzene rings is 2. The van der Waals surface area contributed by atoms with Crippen LogP contribution in [0.2, 0.25) is 0 Å². The van der Waals surface area contributed by atoms with Crippen LogP contribution >= 0.6 is 0 Å². The zero-order chi connectivity index (χ0) is 42.9. The number of hydrogen-bond acceptors (Lipinski definition) is 0. The predicted octanol–water partition coefficient (Wildman–Crippen LogP) is 13.8. The first-order chi connectivity index (χ1) is 24.0. The van der Waals surface area contributed by atoms with E-state index in [4.69, 9.17) is 0 Å². The molecular formula is C28H5F27. The van der Waals surface area contributed by atoms with E-state index in [2.05, 4.69) is 0 Å². The number of halogens is 27. The summed E-state index contributed by atoms with van der Waals surface area (Å²) in [5.74, 6) is -9.14. The minimum atomic E-state index is -7.32. The van der Waals surface area contributed by atoms with Crippen LogP contribution in [-0.2, 0) is 30.9 Å². The normalized spacial score (nSPS) is 19.9. The molecule has 0 nitrogen and oxygen atoms in total. The summed E-state index contributed by atoms with van der Waals surface area (Å²) in [6, 6.07) is 0. The number of hydrogen-bond donors (Lipinski definition) is 0. The van der Waals surface area contributed by atoms with Crippen molar-refractivity contribution in [1.29, 1.82) is 0 Å². The maximum Gasteiger partial charge on any atom is 0.417 e. The molecule has 55 heavy (non-hydrogen) atoms. The van der Waals surface area contributed by atoms with Crippen molar-refractivity contribution in [3.63, 3.8) is 0 Å². The van der Waals surface area contributed by atoms with E-state index in [9.17, 15) is 119 Å². The van der Waals surface area contributed by atoms with E-state index >= 15 is 0 Å². The van der Waals surface area contributed by atoms with Crippen LogP contribution in [0, 0.1) is 6.92 Å². The van der Waals surface area contributed by atoms with Gasteiger partial charge in [0.05, 0.1) is 50.1 Å². The Kier molecular flexibility index (Phi) is 8.52. The summed E-state index contributed by atoms with van der Waals surface area (Å²) in [5, 5.41) is 0. The van der Waals surface area contributed by atoms with Gasteiger partial charge in [0, 0.05) is 28.5 Å². The molecule has 0 aromatic heterocycles. The van der Waals surface area contributed by atoms with E-state index < -0.39 is 156 Å². The molecular weight excluding hydrogens is 849 g/mol. The molecule has 306 valence electrons. The highest BCUT2D eigenvalue weighted by atomic mass is 19.4. The van der Waals surface area contributed by atoms with Crippen molar-refractivity contribution >= 4 is 0 Å². The van der Waals surface area contributed by atoms with E-state index in [0.29, 0.717) is 0 Å². The van der Waals surface area contributed by atoms with Crippen LogP contribution < -0.4 is 0 Å². The molecule has 2 unspecified atom stereocenters. The Hall–Kier alpha value is -3.97. The smallest absolute Gasteiger partial charge is 0.166 e. The third kappa shape index (κ3) is 6.06. The lowest BCUT2D eigenvalue weighted by Gasteiger charge is -2.52. The van der Waals surface area contributed by atoms with Crippen molar-refractivity contribution in [1.82, 2.24) is 0 Å². The van der Waals surface area contributed by atoms with Gasteiger partial charge in [-0.05, 0) is 29.2 Å². The van der Waals surface area contributed by atoms with Gasteiger partial charge in [-0.2, -0.15) is 119 Å². The monoisotopic (exact) mass is 854 g/mol. The average Bonchev–Trinajstić information content (AvgIpc) is 2.86. The molecule has 0 aliphatic heterocycles. The van der Waals surface area contributed by atoms with E-state index in [0.717, 1.165) is 0 Å². The summed E-state index contributed by atoms with van der Waals surface area (Å²) in [7, 11) is 0. The summed E-state index contributed by atoms with van der Waals surface area (Å²) in [6.07, 6.45) is -63.4.